The molecule has 4 rings (SSSR count). The van der Waals surface area contributed by atoms with Crippen LogP contribution in [0.1, 0.15) is 5.56 Å². The Morgan fingerprint density at radius 2 is 1.85 bits per heavy atom. The molecule has 0 spiro atoms. The van der Waals surface area contributed by atoms with Gasteiger partial charge in [-0.05, 0) is 23.8 Å². The van der Waals surface area contributed by atoms with Gasteiger partial charge in [0.05, 0.1) is 11.2 Å². The summed E-state index contributed by atoms with van der Waals surface area (Å²) in [5, 5.41) is 1.85. The van der Waals surface area contributed by atoms with E-state index in [2.05, 4.69) is 19.9 Å². The van der Waals surface area contributed by atoms with E-state index >= 15 is 0 Å². The predicted octanol–water partition coefficient (Wildman–Crippen LogP) is 5.04. The smallest absolute Gasteiger partial charge is 0.254 e. The van der Waals surface area contributed by atoms with Gasteiger partial charge in [0.1, 0.15) is 12.3 Å². The fraction of sp³-hybridized carbons (Fsp3) is 0.0556. The maximum atomic E-state index is 14.0. The van der Waals surface area contributed by atoms with Crippen LogP contribution in [-0.2, 0) is 6.61 Å². The number of hydrogen-bond donors (Lipinski definition) is 1. The summed E-state index contributed by atoms with van der Waals surface area (Å²) in [6.45, 7) is 0.159. The highest BCUT2D eigenvalue weighted by Gasteiger charge is 2.14. The second kappa shape index (κ2) is 6.90. The van der Waals surface area contributed by atoms with Crippen molar-refractivity contribution in [3.8, 4) is 17.3 Å². The highest BCUT2D eigenvalue weighted by Crippen LogP contribution is 2.28. The molecule has 130 valence electrons. The zero-order chi connectivity index (χ0) is 18.1. The monoisotopic (exact) mass is 388 g/mol. The highest BCUT2D eigenvalue weighted by molar-refractivity contribution is 6.31. The van der Waals surface area contributed by atoms with Gasteiger partial charge in [0.15, 0.2) is 5.82 Å². The first-order valence-electron chi connectivity index (χ1n) is 7.63. The zero-order valence-electron chi connectivity index (χ0n) is 13.2. The molecule has 0 atom stereocenters. The third kappa shape index (κ3) is 3.34. The molecule has 5 nitrogen and oxygen atoms in total. The molecule has 0 radical (unpaired) electrons. The number of benzene rings is 1. The molecule has 0 amide bonds. The molecule has 0 saturated carbocycles. The third-order valence-corrected chi connectivity index (χ3v) is 4.20. The van der Waals surface area contributed by atoms with Crippen LogP contribution < -0.4 is 4.74 Å². The molecule has 1 N–H and O–H groups in total. The molecule has 0 aliphatic carbocycles. The summed E-state index contributed by atoms with van der Waals surface area (Å²) in [7, 11) is 0. The van der Waals surface area contributed by atoms with Crippen molar-refractivity contribution < 1.29 is 9.13 Å². The van der Waals surface area contributed by atoms with Gasteiger partial charge >= 0.3 is 0 Å². The lowest BCUT2D eigenvalue weighted by Gasteiger charge is -2.08. The molecule has 26 heavy (non-hydrogen) atoms. The minimum absolute atomic E-state index is 0.130. The van der Waals surface area contributed by atoms with Crippen LogP contribution in [0.3, 0.4) is 0 Å². The topological polar surface area (TPSA) is 63.7 Å². The Morgan fingerprint density at radius 3 is 2.65 bits per heavy atom. The van der Waals surface area contributed by atoms with Gasteiger partial charge < -0.3 is 9.72 Å². The number of nitrogens with zero attached hydrogens (tertiary/aromatic N) is 3. The number of aromatic amines is 1. The maximum Gasteiger partial charge on any atom is 0.254 e. The molecule has 0 aliphatic rings. The second-order valence-electron chi connectivity index (χ2n) is 5.51. The van der Waals surface area contributed by atoms with E-state index in [1.54, 1.807) is 36.5 Å². The average Bonchev–Trinajstić information content (AvgIpc) is 3.05. The number of H-pyrrole nitrogens is 1. The first-order valence-corrected chi connectivity index (χ1v) is 8.38. The van der Waals surface area contributed by atoms with E-state index in [1.165, 1.54) is 6.20 Å². The first-order chi connectivity index (χ1) is 12.6. The molecule has 4 aromatic rings. The molecular weight excluding hydrogens is 378 g/mol. The van der Waals surface area contributed by atoms with E-state index in [9.17, 15) is 4.39 Å². The average molecular weight is 389 g/mol. The fourth-order valence-corrected chi connectivity index (χ4v) is 2.76. The molecule has 0 bridgehead atoms. The van der Waals surface area contributed by atoms with Crippen LogP contribution in [0.5, 0.6) is 5.88 Å². The molecule has 0 aliphatic heterocycles. The standard InChI is InChI=1S/C18H11Cl2FN4O/c19-11-3-1-10(2-4-11)9-26-18-15(21)8-24-17(25-18)14-7-23-16-13(14)5-12(20)6-22-16/h1-8H,9H2,(H,22,23). The molecule has 8 heteroatoms. The number of ether oxygens (including phenoxy) is 1. The van der Waals surface area contributed by atoms with Crippen LogP contribution in [0.2, 0.25) is 10.0 Å². The lowest BCUT2D eigenvalue weighted by atomic mass is 10.2. The number of fused-ring (bicyclic) bond motifs is 1. The van der Waals surface area contributed by atoms with Crippen molar-refractivity contribution in [3.63, 3.8) is 0 Å². The molecule has 3 aromatic heterocycles. The Morgan fingerprint density at radius 1 is 1.04 bits per heavy atom. The Balaban J connectivity index is 1.65. The molecular formula is C18H11Cl2FN4O. The summed E-state index contributed by atoms with van der Waals surface area (Å²) in [6, 6.07) is 8.83. The summed E-state index contributed by atoms with van der Waals surface area (Å²) in [6.07, 6.45) is 4.32. The van der Waals surface area contributed by atoms with Crippen molar-refractivity contribution in [2.75, 3.05) is 0 Å². The van der Waals surface area contributed by atoms with Gasteiger partial charge in [-0.3, -0.25) is 0 Å². The fourth-order valence-electron chi connectivity index (χ4n) is 2.48. The van der Waals surface area contributed by atoms with Crippen molar-refractivity contribution in [2.45, 2.75) is 6.61 Å². The molecule has 0 saturated heterocycles. The predicted molar refractivity (Wildman–Crippen MR) is 97.9 cm³/mol. The summed E-state index contributed by atoms with van der Waals surface area (Å²) in [5.41, 5.74) is 2.14. The minimum Gasteiger partial charge on any atom is -0.471 e. The van der Waals surface area contributed by atoms with Crippen LogP contribution in [0, 0.1) is 5.82 Å². The van der Waals surface area contributed by atoms with Crippen molar-refractivity contribution in [2.24, 2.45) is 0 Å². The van der Waals surface area contributed by atoms with E-state index in [4.69, 9.17) is 27.9 Å². The van der Waals surface area contributed by atoms with Crippen LogP contribution in [0.4, 0.5) is 4.39 Å². The van der Waals surface area contributed by atoms with Gasteiger partial charge in [-0.15, -0.1) is 0 Å². The number of hydrogen-bond acceptors (Lipinski definition) is 4. The Hall–Kier alpha value is -2.70. The summed E-state index contributed by atoms with van der Waals surface area (Å²) >= 11 is 11.9. The minimum atomic E-state index is -0.640. The van der Waals surface area contributed by atoms with E-state index in [-0.39, 0.29) is 12.5 Å². The van der Waals surface area contributed by atoms with Crippen LogP contribution in [-0.4, -0.2) is 19.9 Å². The number of rotatable bonds is 4. The third-order valence-electron chi connectivity index (χ3n) is 3.74. The van der Waals surface area contributed by atoms with Gasteiger partial charge in [0.25, 0.3) is 5.88 Å². The molecule has 0 unspecified atom stereocenters. The molecule has 1 aromatic carbocycles. The van der Waals surface area contributed by atoms with Gasteiger partial charge in [0, 0.05) is 28.4 Å². The van der Waals surface area contributed by atoms with Gasteiger partial charge in [0.2, 0.25) is 5.82 Å². The van der Waals surface area contributed by atoms with E-state index < -0.39 is 5.82 Å². The summed E-state index contributed by atoms with van der Waals surface area (Å²) in [5.74, 6) is -0.458. The highest BCUT2D eigenvalue weighted by atomic mass is 35.5. The first kappa shape index (κ1) is 16.8. The quantitative estimate of drug-likeness (QED) is 0.531. The van der Waals surface area contributed by atoms with Crippen LogP contribution in [0.15, 0.2) is 48.9 Å². The normalized spacial score (nSPS) is 11.0. The zero-order valence-corrected chi connectivity index (χ0v) is 14.7. The van der Waals surface area contributed by atoms with Crippen molar-refractivity contribution in [1.29, 1.82) is 0 Å². The Kier molecular flexibility index (Phi) is 4.44. The number of pyridine rings is 1. The Bertz CT molecular complexity index is 1080. The van der Waals surface area contributed by atoms with Gasteiger partial charge in [-0.1, -0.05) is 35.3 Å². The SMILES string of the molecule is Fc1cnc(-c2c[nH]c3ncc(Cl)cc23)nc1OCc1ccc(Cl)cc1. The summed E-state index contributed by atoms with van der Waals surface area (Å²) < 4.78 is 19.6. The maximum absolute atomic E-state index is 14.0. The van der Waals surface area contributed by atoms with Crippen LogP contribution >= 0.6 is 23.2 Å². The molecule has 0 fully saturated rings. The van der Waals surface area contributed by atoms with Gasteiger partial charge in [-0.25, -0.2) is 9.97 Å². The second-order valence-corrected chi connectivity index (χ2v) is 6.39. The van der Waals surface area contributed by atoms with Gasteiger partial charge in [-0.2, -0.15) is 9.37 Å². The van der Waals surface area contributed by atoms with Crippen LogP contribution in [0.25, 0.3) is 22.4 Å². The summed E-state index contributed by atoms with van der Waals surface area (Å²) in [4.78, 5) is 15.5. The Labute approximate surface area is 157 Å². The number of nitrogens with one attached hydrogen (secondary N) is 1. The lowest BCUT2D eigenvalue weighted by molar-refractivity contribution is 0.276. The van der Waals surface area contributed by atoms with E-state index in [0.29, 0.717) is 27.1 Å². The molecule has 3 heterocycles. The van der Waals surface area contributed by atoms with E-state index in [0.717, 1.165) is 17.1 Å². The van der Waals surface area contributed by atoms with E-state index in [1.807, 2.05) is 0 Å². The largest absolute Gasteiger partial charge is 0.471 e. The van der Waals surface area contributed by atoms with Crippen molar-refractivity contribution in [3.05, 3.63) is 70.3 Å². The lowest BCUT2D eigenvalue weighted by Crippen LogP contribution is -2.02. The number of aromatic nitrogens is 4. The van der Waals surface area contributed by atoms with Crippen molar-refractivity contribution >= 4 is 34.2 Å². The van der Waals surface area contributed by atoms with Crippen molar-refractivity contribution in [1.82, 2.24) is 19.9 Å². The number of halogens is 3.